The highest BCUT2D eigenvalue weighted by Gasteiger charge is 2.23. The van der Waals surface area contributed by atoms with Crippen molar-refractivity contribution in [1.29, 1.82) is 0 Å². The molecule has 2 heterocycles. The minimum absolute atomic E-state index is 0. The van der Waals surface area contributed by atoms with Gasteiger partial charge >= 0.3 is 0 Å². The van der Waals surface area contributed by atoms with Crippen LogP contribution in [0.25, 0.3) is 0 Å². The molecule has 1 atom stereocenters. The Bertz CT molecular complexity index is 758. The number of para-hydroxylation sites is 2. The number of benzene rings is 1. The van der Waals surface area contributed by atoms with Crippen LogP contribution in [0.5, 0.6) is 5.75 Å². The number of nitrogens with zero attached hydrogens (tertiary/aromatic N) is 4. The van der Waals surface area contributed by atoms with Crippen LogP contribution in [-0.2, 0) is 0 Å². The van der Waals surface area contributed by atoms with Crippen LogP contribution in [-0.4, -0.2) is 76.7 Å². The minimum Gasteiger partial charge on any atom is -0.495 e. The van der Waals surface area contributed by atoms with Crippen molar-refractivity contribution < 1.29 is 9.15 Å². The van der Waals surface area contributed by atoms with Gasteiger partial charge in [0, 0.05) is 39.8 Å². The van der Waals surface area contributed by atoms with E-state index in [9.17, 15) is 0 Å². The first-order valence-electron chi connectivity index (χ1n) is 9.67. The molecular formula is C21H32IN5O2. The molecule has 0 saturated carbocycles. The molecule has 29 heavy (non-hydrogen) atoms. The molecule has 1 unspecified atom stereocenters. The number of rotatable bonds is 6. The van der Waals surface area contributed by atoms with Crippen molar-refractivity contribution >= 4 is 35.6 Å². The van der Waals surface area contributed by atoms with Gasteiger partial charge in [0.15, 0.2) is 5.96 Å². The summed E-state index contributed by atoms with van der Waals surface area (Å²) in [5.41, 5.74) is 1.15. The van der Waals surface area contributed by atoms with Crippen molar-refractivity contribution in [3.63, 3.8) is 0 Å². The van der Waals surface area contributed by atoms with E-state index in [1.807, 2.05) is 31.3 Å². The summed E-state index contributed by atoms with van der Waals surface area (Å²) in [6.07, 6.45) is 1.72. The third-order valence-corrected chi connectivity index (χ3v) is 5.17. The van der Waals surface area contributed by atoms with E-state index < -0.39 is 0 Å². The lowest BCUT2D eigenvalue weighted by Crippen LogP contribution is -2.53. The third-order valence-electron chi connectivity index (χ3n) is 5.17. The molecule has 0 spiro atoms. The average Bonchev–Trinajstić information content (AvgIpc) is 3.25. The predicted octanol–water partition coefficient (Wildman–Crippen LogP) is 2.91. The van der Waals surface area contributed by atoms with E-state index in [4.69, 9.17) is 9.15 Å². The summed E-state index contributed by atoms with van der Waals surface area (Å²) in [7, 11) is 7.68. The summed E-state index contributed by atoms with van der Waals surface area (Å²) in [5.74, 6) is 2.80. The molecular weight excluding hydrogens is 481 g/mol. The Morgan fingerprint density at radius 2 is 1.90 bits per heavy atom. The fourth-order valence-electron chi connectivity index (χ4n) is 3.59. The van der Waals surface area contributed by atoms with Crippen molar-refractivity contribution in [2.45, 2.75) is 6.04 Å². The maximum Gasteiger partial charge on any atom is 0.193 e. The number of nitrogens with one attached hydrogen (secondary N) is 1. The van der Waals surface area contributed by atoms with Crippen LogP contribution in [0.2, 0.25) is 0 Å². The molecule has 0 radical (unpaired) electrons. The maximum absolute atomic E-state index is 5.60. The number of methoxy groups -OCH3 is 1. The zero-order valence-corrected chi connectivity index (χ0v) is 20.0. The molecule has 8 heteroatoms. The summed E-state index contributed by atoms with van der Waals surface area (Å²) >= 11 is 0. The SMILES string of the molecule is CN=C(NCC(c1ccco1)N(C)C)N1CCN(c2ccccc2OC)CC1.I. The van der Waals surface area contributed by atoms with Gasteiger partial charge in [-0.15, -0.1) is 24.0 Å². The fourth-order valence-corrected chi connectivity index (χ4v) is 3.59. The number of halogens is 1. The number of guanidine groups is 1. The number of hydrogen-bond acceptors (Lipinski definition) is 5. The van der Waals surface area contributed by atoms with Gasteiger partial charge < -0.3 is 24.3 Å². The van der Waals surface area contributed by atoms with Crippen molar-refractivity contribution in [2.24, 2.45) is 4.99 Å². The third kappa shape index (κ3) is 5.79. The highest BCUT2D eigenvalue weighted by atomic mass is 127. The Balaban J connectivity index is 0.00000300. The lowest BCUT2D eigenvalue weighted by molar-refractivity contribution is 0.255. The summed E-state index contributed by atoms with van der Waals surface area (Å²) in [4.78, 5) is 11.3. The number of piperazine rings is 1. The quantitative estimate of drug-likeness (QED) is 0.365. The monoisotopic (exact) mass is 513 g/mol. The molecule has 0 bridgehead atoms. The lowest BCUT2D eigenvalue weighted by Gasteiger charge is -2.38. The van der Waals surface area contributed by atoms with Gasteiger partial charge in [-0.2, -0.15) is 0 Å². The number of hydrogen-bond donors (Lipinski definition) is 1. The fraction of sp³-hybridized carbons (Fsp3) is 0.476. The summed E-state index contributed by atoms with van der Waals surface area (Å²) < 4.78 is 11.1. The molecule has 7 nitrogen and oxygen atoms in total. The lowest BCUT2D eigenvalue weighted by atomic mass is 10.2. The van der Waals surface area contributed by atoms with Crippen molar-refractivity contribution in [3.8, 4) is 5.75 Å². The van der Waals surface area contributed by atoms with E-state index in [0.29, 0.717) is 0 Å². The second-order valence-electron chi connectivity index (χ2n) is 7.07. The maximum atomic E-state index is 5.60. The van der Waals surface area contributed by atoms with Gasteiger partial charge in [0.25, 0.3) is 0 Å². The summed E-state index contributed by atoms with van der Waals surface area (Å²) in [5, 5.41) is 3.52. The van der Waals surface area contributed by atoms with E-state index >= 15 is 0 Å². The van der Waals surface area contributed by atoms with Gasteiger partial charge in [-0.1, -0.05) is 12.1 Å². The Labute approximate surface area is 190 Å². The van der Waals surface area contributed by atoms with Crippen LogP contribution in [0.4, 0.5) is 5.69 Å². The normalized spacial score (nSPS) is 15.8. The number of ether oxygens (including phenoxy) is 1. The van der Waals surface area contributed by atoms with Gasteiger partial charge in [-0.3, -0.25) is 9.89 Å². The molecule has 1 saturated heterocycles. The highest BCUT2D eigenvalue weighted by Crippen LogP contribution is 2.28. The second kappa shape index (κ2) is 11.3. The van der Waals surface area contributed by atoms with E-state index in [2.05, 4.69) is 51.2 Å². The summed E-state index contributed by atoms with van der Waals surface area (Å²) in [6.45, 7) is 4.41. The zero-order chi connectivity index (χ0) is 19.9. The molecule has 1 aromatic heterocycles. The van der Waals surface area contributed by atoms with E-state index in [-0.39, 0.29) is 30.0 Å². The summed E-state index contributed by atoms with van der Waals surface area (Å²) in [6, 6.07) is 12.3. The molecule has 1 fully saturated rings. The first kappa shape index (κ1) is 23.3. The molecule has 2 aromatic rings. The zero-order valence-electron chi connectivity index (χ0n) is 17.7. The van der Waals surface area contributed by atoms with Gasteiger partial charge in [0.05, 0.1) is 25.1 Å². The van der Waals surface area contributed by atoms with Gasteiger partial charge in [0.1, 0.15) is 11.5 Å². The standard InChI is InChI=1S/C21H31N5O2.HI/c1-22-21(23-16-18(24(2)3)20-10-7-15-28-20)26-13-11-25(12-14-26)17-8-5-6-9-19(17)27-4;/h5-10,15,18H,11-14,16H2,1-4H3,(H,22,23);1H. The molecule has 3 rings (SSSR count). The molecule has 160 valence electrons. The van der Waals surface area contributed by atoms with Gasteiger partial charge in [-0.05, 0) is 38.4 Å². The Kier molecular flexibility index (Phi) is 9.09. The Morgan fingerprint density at radius 3 is 2.48 bits per heavy atom. The Hall–Kier alpha value is -1.94. The molecule has 1 aromatic carbocycles. The number of anilines is 1. The minimum atomic E-state index is 0. The van der Waals surface area contributed by atoms with E-state index in [1.54, 1.807) is 13.4 Å². The van der Waals surface area contributed by atoms with Crippen molar-refractivity contribution in [2.75, 3.05) is 65.9 Å². The van der Waals surface area contributed by atoms with Crippen molar-refractivity contribution in [3.05, 3.63) is 48.4 Å². The molecule has 0 amide bonds. The Morgan fingerprint density at radius 1 is 1.17 bits per heavy atom. The first-order valence-corrected chi connectivity index (χ1v) is 9.67. The van der Waals surface area contributed by atoms with Gasteiger partial charge in [0.2, 0.25) is 0 Å². The largest absolute Gasteiger partial charge is 0.495 e. The van der Waals surface area contributed by atoms with Crippen molar-refractivity contribution in [1.82, 2.24) is 15.1 Å². The van der Waals surface area contributed by atoms with Crippen LogP contribution in [0.1, 0.15) is 11.8 Å². The second-order valence-corrected chi connectivity index (χ2v) is 7.07. The van der Waals surface area contributed by atoms with Crippen LogP contribution < -0.4 is 15.0 Å². The smallest absolute Gasteiger partial charge is 0.193 e. The topological polar surface area (TPSA) is 56.5 Å². The predicted molar refractivity (Wildman–Crippen MR) is 129 cm³/mol. The van der Waals surface area contributed by atoms with Crippen LogP contribution in [0.15, 0.2) is 52.1 Å². The molecule has 1 aliphatic rings. The molecule has 1 N–H and O–H groups in total. The number of likely N-dealkylation sites (N-methyl/N-ethyl adjacent to an activating group) is 1. The van der Waals surface area contributed by atoms with Crippen LogP contribution in [0.3, 0.4) is 0 Å². The molecule has 1 aliphatic heterocycles. The van der Waals surface area contributed by atoms with Gasteiger partial charge in [-0.25, -0.2) is 0 Å². The van der Waals surface area contributed by atoms with Crippen LogP contribution >= 0.6 is 24.0 Å². The number of aliphatic imine (C=N–C) groups is 1. The first-order chi connectivity index (χ1) is 13.6. The van der Waals surface area contributed by atoms with E-state index in [1.165, 1.54) is 0 Å². The highest BCUT2D eigenvalue weighted by molar-refractivity contribution is 14.0. The number of furan rings is 1. The molecule has 0 aliphatic carbocycles. The van der Waals surface area contributed by atoms with E-state index in [0.717, 1.165) is 55.9 Å². The van der Waals surface area contributed by atoms with Crippen LogP contribution in [0, 0.1) is 0 Å². The average molecular weight is 513 g/mol.